The highest BCUT2D eigenvalue weighted by molar-refractivity contribution is 6.14. The van der Waals surface area contributed by atoms with Crippen molar-refractivity contribution in [3.8, 4) is 84.4 Å². The zero-order chi connectivity index (χ0) is 45.0. The predicted molar refractivity (Wildman–Crippen MR) is 279 cm³/mol. The van der Waals surface area contributed by atoms with Gasteiger partial charge in [-0.25, -0.2) is 15.0 Å². The summed E-state index contributed by atoms with van der Waals surface area (Å²) in [4.78, 5) is 16.0. The lowest BCUT2D eigenvalue weighted by molar-refractivity contribution is 0.669. The van der Waals surface area contributed by atoms with E-state index in [4.69, 9.17) is 19.4 Å². The SMILES string of the molecule is c1ccc(-c2cccc(-c3nc(-c4cc(-c5ccccc5)cc(-c5ccccc5)c4)nc(-c4cccc5oc6ccc(-c7ccc8c(c7)c7ccccc7n8-c7ccccc7)cc6c45)n3)c2)cc1. The molecule has 68 heavy (non-hydrogen) atoms. The highest BCUT2D eigenvalue weighted by Crippen LogP contribution is 2.41. The van der Waals surface area contributed by atoms with Crippen molar-refractivity contribution < 1.29 is 4.42 Å². The van der Waals surface area contributed by atoms with E-state index in [1.54, 1.807) is 0 Å². The molecule has 5 nitrogen and oxygen atoms in total. The van der Waals surface area contributed by atoms with Gasteiger partial charge in [-0.1, -0.05) is 170 Å². The maximum atomic E-state index is 6.64. The maximum absolute atomic E-state index is 6.64. The number of furan rings is 1. The molecule has 5 heteroatoms. The molecule has 0 aliphatic heterocycles. The molecule has 10 aromatic carbocycles. The second-order valence-electron chi connectivity index (χ2n) is 17.2. The summed E-state index contributed by atoms with van der Waals surface area (Å²) in [5.74, 6) is 1.73. The Kier molecular flexibility index (Phi) is 9.43. The first-order valence-corrected chi connectivity index (χ1v) is 22.9. The Hall–Kier alpha value is -9.19. The molecule has 0 bridgehead atoms. The van der Waals surface area contributed by atoms with E-state index in [-0.39, 0.29) is 0 Å². The van der Waals surface area contributed by atoms with Gasteiger partial charge in [-0.15, -0.1) is 0 Å². The fraction of sp³-hybridized carbons (Fsp3) is 0. The molecule has 0 atom stereocenters. The minimum atomic E-state index is 0.565. The molecule has 0 N–H and O–H groups in total. The zero-order valence-electron chi connectivity index (χ0n) is 36.8. The van der Waals surface area contributed by atoms with Gasteiger partial charge in [0.25, 0.3) is 0 Å². The molecule has 3 aromatic heterocycles. The molecule has 0 saturated heterocycles. The first-order chi connectivity index (χ1) is 33.7. The van der Waals surface area contributed by atoms with Gasteiger partial charge in [-0.3, -0.25) is 0 Å². The standard InChI is InChI=1S/C63H40N4O/c1-5-17-41(18-6-1)44-23-15-24-47(35-44)61-64-62(50-37-48(42-19-7-2-8-20-42)36-49(38-50)43-21-9-3-10-22-43)66-63(65-61)53-28-16-30-59-60(53)55-40-46(32-34-58(55)68-59)45-31-33-57-54(39-45)52-27-13-14-29-56(52)67(57)51-25-11-4-12-26-51/h1-40H. The summed E-state index contributed by atoms with van der Waals surface area (Å²) in [6.45, 7) is 0. The predicted octanol–water partition coefficient (Wildman–Crippen LogP) is 16.5. The van der Waals surface area contributed by atoms with Crippen LogP contribution in [0.2, 0.25) is 0 Å². The molecule has 0 saturated carbocycles. The molecular weight excluding hydrogens is 829 g/mol. The summed E-state index contributed by atoms with van der Waals surface area (Å²) >= 11 is 0. The fourth-order valence-electron chi connectivity index (χ4n) is 9.77. The Morgan fingerprint density at radius 1 is 0.279 bits per heavy atom. The van der Waals surface area contributed by atoms with Crippen molar-refractivity contribution in [2.75, 3.05) is 0 Å². The molecule has 318 valence electrons. The summed E-state index contributed by atoms with van der Waals surface area (Å²) in [5, 5.41) is 4.36. The largest absolute Gasteiger partial charge is 0.456 e. The van der Waals surface area contributed by atoms with Gasteiger partial charge in [0.15, 0.2) is 17.5 Å². The number of para-hydroxylation sites is 2. The second-order valence-corrected chi connectivity index (χ2v) is 17.2. The Balaban J connectivity index is 1.01. The van der Waals surface area contributed by atoms with Crippen LogP contribution in [0.3, 0.4) is 0 Å². The van der Waals surface area contributed by atoms with E-state index >= 15 is 0 Å². The number of nitrogens with zero attached hydrogens (tertiary/aromatic N) is 4. The number of aromatic nitrogens is 4. The minimum absolute atomic E-state index is 0.565. The lowest BCUT2D eigenvalue weighted by atomic mass is 9.95. The molecule has 0 fully saturated rings. The van der Waals surface area contributed by atoms with Crippen LogP contribution < -0.4 is 0 Å². The number of hydrogen-bond acceptors (Lipinski definition) is 4. The van der Waals surface area contributed by atoms with E-state index in [1.165, 1.54) is 21.8 Å². The van der Waals surface area contributed by atoms with Gasteiger partial charge in [0.2, 0.25) is 0 Å². The lowest BCUT2D eigenvalue weighted by Gasteiger charge is -2.13. The van der Waals surface area contributed by atoms with E-state index in [9.17, 15) is 0 Å². The molecule has 13 aromatic rings. The third-order valence-electron chi connectivity index (χ3n) is 13.0. The number of fused-ring (bicyclic) bond motifs is 6. The van der Waals surface area contributed by atoms with Crippen molar-refractivity contribution in [3.05, 3.63) is 243 Å². The Labute approximate surface area is 392 Å². The first-order valence-electron chi connectivity index (χ1n) is 22.9. The van der Waals surface area contributed by atoms with Gasteiger partial charge >= 0.3 is 0 Å². The van der Waals surface area contributed by atoms with E-state index in [0.717, 1.165) is 88.8 Å². The van der Waals surface area contributed by atoms with Crippen LogP contribution in [0.1, 0.15) is 0 Å². The van der Waals surface area contributed by atoms with E-state index in [1.807, 2.05) is 30.3 Å². The van der Waals surface area contributed by atoms with Crippen molar-refractivity contribution in [1.29, 1.82) is 0 Å². The summed E-state index contributed by atoms with van der Waals surface area (Å²) in [6, 6.07) is 85.2. The second kappa shape index (κ2) is 16.4. The molecule has 3 heterocycles. The van der Waals surface area contributed by atoms with E-state index < -0.39 is 0 Å². The number of hydrogen-bond donors (Lipinski definition) is 0. The van der Waals surface area contributed by atoms with Crippen LogP contribution in [0.25, 0.3) is 128 Å². The maximum Gasteiger partial charge on any atom is 0.164 e. The van der Waals surface area contributed by atoms with Gasteiger partial charge in [0, 0.05) is 43.9 Å². The van der Waals surface area contributed by atoms with Crippen molar-refractivity contribution in [3.63, 3.8) is 0 Å². The van der Waals surface area contributed by atoms with Crippen molar-refractivity contribution in [1.82, 2.24) is 19.5 Å². The van der Waals surface area contributed by atoms with Crippen molar-refractivity contribution in [2.45, 2.75) is 0 Å². The zero-order valence-corrected chi connectivity index (χ0v) is 36.8. The highest BCUT2D eigenvalue weighted by Gasteiger charge is 2.21. The van der Waals surface area contributed by atoms with E-state index in [2.05, 4.69) is 217 Å². The molecule has 13 rings (SSSR count). The third kappa shape index (κ3) is 6.93. The smallest absolute Gasteiger partial charge is 0.164 e. The topological polar surface area (TPSA) is 56.7 Å². The van der Waals surface area contributed by atoms with Gasteiger partial charge in [-0.2, -0.15) is 0 Å². The van der Waals surface area contributed by atoms with Crippen LogP contribution >= 0.6 is 0 Å². The lowest BCUT2D eigenvalue weighted by Crippen LogP contribution is -2.01. The van der Waals surface area contributed by atoms with Crippen molar-refractivity contribution in [2.24, 2.45) is 0 Å². The Morgan fingerprint density at radius 3 is 1.47 bits per heavy atom. The molecule has 0 unspecified atom stereocenters. The van der Waals surface area contributed by atoms with Gasteiger partial charge in [-0.05, 0) is 117 Å². The molecule has 0 spiro atoms. The Bertz CT molecular complexity index is 3950. The summed E-state index contributed by atoms with van der Waals surface area (Å²) < 4.78 is 8.99. The van der Waals surface area contributed by atoms with Crippen LogP contribution in [0.5, 0.6) is 0 Å². The monoisotopic (exact) mass is 868 g/mol. The summed E-state index contributed by atoms with van der Waals surface area (Å²) in [6.07, 6.45) is 0. The number of rotatable bonds is 8. The molecule has 0 aliphatic rings. The average molecular weight is 869 g/mol. The molecule has 0 radical (unpaired) electrons. The Morgan fingerprint density at radius 2 is 0.765 bits per heavy atom. The van der Waals surface area contributed by atoms with E-state index in [0.29, 0.717) is 17.5 Å². The molecular formula is C63H40N4O. The molecule has 0 amide bonds. The molecule has 0 aliphatic carbocycles. The fourth-order valence-corrected chi connectivity index (χ4v) is 9.77. The van der Waals surface area contributed by atoms with Gasteiger partial charge in [0.1, 0.15) is 11.2 Å². The number of benzene rings is 10. The minimum Gasteiger partial charge on any atom is -0.456 e. The van der Waals surface area contributed by atoms with Crippen LogP contribution in [0, 0.1) is 0 Å². The highest BCUT2D eigenvalue weighted by atomic mass is 16.3. The average Bonchev–Trinajstić information content (AvgIpc) is 3.97. The normalized spacial score (nSPS) is 11.5. The van der Waals surface area contributed by atoms with Crippen LogP contribution in [0.15, 0.2) is 247 Å². The third-order valence-corrected chi connectivity index (χ3v) is 13.0. The quantitative estimate of drug-likeness (QED) is 0.153. The summed E-state index contributed by atoms with van der Waals surface area (Å²) in [7, 11) is 0. The van der Waals surface area contributed by atoms with Crippen LogP contribution in [-0.2, 0) is 0 Å². The van der Waals surface area contributed by atoms with Gasteiger partial charge < -0.3 is 8.98 Å². The van der Waals surface area contributed by atoms with Gasteiger partial charge in [0.05, 0.1) is 11.0 Å². The van der Waals surface area contributed by atoms with Crippen LogP contribution in [0.4, 0.5) is 0 Å². The first kappa shape index (κ1) is 39.2. The van der Waals surface area contributed by atoms with Crippen molar-refractivity contribution >= 4 is 43.7 Å². The summed E-state index contributed by atoms with van der Waals surface area (Å²) in [5.41, 5.74) is 16.5. The van der Waals surface area contributed by atoms with Crippen LogP contribution in [-0.4, -0.2) is 19.5 Å².